The highest BCUT2D eigenvalue weighted by atomic mass is 35.5. The first-order valence-electron chi connectivity index (χ1n) is 9.04. The van der Waals surface area contributed by atoms with Crippen LogP contribution in [0.2, 0.25) is 5.02 Å². The molecule has 2 aromatic rings. The minimum atomic E-state index is -0.273. The van der Waals surface area contributed by atoms with Crippen LogP contribution in [0.25, 0.3) is 10.9 Å². The van der Waals surface area contributed by atoms with Crippen LogP contribution in [0.3, 0.4) is 0 Å². The van der Waals surface area contributed by atoms with Gasteiger partial charge in [-0.3, -0.25) is 20.0 Å². The van der Waals surface area contributed by atoms with Gasteiger partial charge in [0, 0.05) is 63.0 Å². The number of anilines is 1. The number of ketones is 1. The Bertz CT molecular complexity index is 964. The van der Waals surface area contributed by atoms with Crippen molar-refractivity contribution in [1.82, 2.24) is 9.88 Å². The second kappa shape index (κ2) is 8.48. The third-order valence-electron chi connectivity index (χ3n) is 4.81. The molecule has 146 valence electrons. The number of nitrogens with one attached hydrogen (secondary N) is 1. The van der Waals surface area contributed by atoms with Gasteiger partial charge >= 0.3 is 0 Å². The van der Waals surface area contributed by atoms with Crippen LogP contribution in [-0.2, 0) is 4.79 Å². The number of rotatable bonds is 5. The topological polar surface area (TPSA) is 89.7 Å². The number of carbonyl (C=O) groups is 2. The Morgan fingerprint density at radius 2 is 2.04 bits per heavy atom. The van der Waals surface area contributed by atoms with Gasteiger partial charge in [0.25, 0.3) is 5.91 Å². The number of piperazine rings is 1. The van der Waals surface area contributed by atoms with Crippen molar-refractivity contribution in [3.63, 3.8) is 0 Å². The monoisotopic (exact) mass is 399 g/mol. The molecule has 1 N–H and O–H groups in total. The molecule has 0 radical (unpaired) electrons. The van der Waals surface area contributed by atoms with Crippen molar-refractivity contribution in [2.75, 3.05) is 38.1 Å². The molecular weight excluding hydrogens is 378 g/mol. The summed E-state index contributed by atoms with van der Waals surface area (Å²) in [5, 5.41) is 9.20. The van der Waals surface area contributed by atoms with E-state index in [0.29, 0.717) is 42.3 Å². The molecule has 1 saturated heterocycles. The first-order chi connectivity index (χ1) is 13.4. The number of halogens is 1. The van der Waals surface area contributed by atoms with Crippen molar-refractivity contribution >= 4 is 51.8 Å². The number of hydrogen-bond acceptors (Lipinski definition) is 6. The van der Waals surface area contributed by atoms with E-state index in [0.717, 1.165) is 11.1 Å². The Balaban J connectivity index is 1.86. The van der Waals surface area contributed by atoms with Crippen molar-refractivity contribution in [2.45, 2.75) is 13.3 Å². The van der Waals surface area contributed by atoms with Crippen LogP contribution in [0.15, 0.2) is 29.4 Å². The van der Waals surface area contributed by atoms with Crippen LogP contribution in [0.1, 0.15) is 23.7 Å². The molecule has 8 heteroatoms. The Morgan fingerprint density at radius 3 is 2.68 bits per heavy atom. The van der Waals surface area contributed by atoms with Gasteiger partial charge in [-0.2, -0.15) is 0 Å². The zero-order valence-electron chi connectivity index (χ0n) is 15.9. The number of fused-ring (bicyclic) bond motifs is 1. The lowest BCUT2D eigenvalue weighted by Gasteiger charge is -2.37. The van der Waals surface area contributed by atoms with Crippen LogP contribution in [0, 0.1) is 5.41 Å². The van der Waals surface area contributed by atoms with Gasteiger partial charge in [-0.15, -0.1) is 0 Å². The number of amides is 1. The summed E-state index contributed by atoms with van der Waals surface area (Å²) in [5.74, 6) is -0.353. The minimum absolute atomic E-state index is 0.0297. The quantitative estimate of drug-likeness (QED) is 0.618. The summed E-state index contributed by atoms with van der Waals surface area (Å²) in [7, 11) is 1.62. The Morgan fingerprint density at radius 1 is 1.32 bits per heavy atom. The predicted molar refractivity (Wildman–Crippen MR) is 112 cm³/mol. The van der Waals surface area contributed by atoms with Crippen LogP contribution in [0.4, 0.5) is 5.69 Å². The van der Waals surface area contributed by atoms with Crippen molar-refractivity contribution in [2.24, 2.45) is 4.99 Å². The zero-order valence-corrected chi connectivity index (χ0v) is 16.7. The largest absolute Gasteiger partial charge is 0.366 e. The fourth-order valence-electron chi connectivity index (χ4n) is 3.37. The van der Waals surface area contributed by atoms with Gasteiger partial charge in [0.2, 0.25) is 0 Å². The molecular formula is C20H22ClN5O2. The van der Waals surface area contributed by atoms with E-state index in [2.05, 4.69) is 14.9 Å². The molecule has 1 fully saturated rings. The fourth-order valence-corrected chi connectivity index (χ4v) is 3.63. The third kappa shape index (κ3) is 3.89. The Labute approximate surface area is 168 Å². The Hall–Kier alpha value is -2.80. The van der Waals surface area contributed by atoms with Crippen LogP contribution in [-0.4, -0.2) is 66.7 Å². The summed E-state index contributed by atoms with van der Waals surface area (Å²) >= 11 is 6.36. The zero-order chi connectivity index (χ0) is 20.3. The fraction of sp³-hybridized carbons (Fsp3) is 0.350. The minimum Gasteiger partial charge on any atom is -0.366 e. The van der Waals surface area contributed by atoms with Gasteiger partial charge in [-0.25, -0.2) is 0 Å². The second-order valence-electron chi connectivity index (χ2n) is 6.61. The maximum Gasteiger partial charge on any atom is 0.268 e. The van der Waals surface area contributed by atoms with E-state index in [1.807, 2.05) is 12.1 Å². The van der Waals surface area contributed by atoms with Crippen LogP contribution in [0.5, 0.6) is 0 Å². The molecule has 0 unspecified atom stereocenters. The number of carbonyl (C=O) groups excluding carboxylic acids is 2. The van der Waals surface area contributed by atoms with Crippen LogP contribution >= 0.6 is 11.6 Å². The van der Waals surface area contributed by atoms with Gasteiger partial charge in [0.05, 0.1) is 16.2 Å². The summed E-state index contributed by atoms with van der Waals surface area (Å²) in [6, 6.07) is 5.39. The molecule has 0 spiro atoms. The molecule has 7 nitrogen and oxygen atoms in total. The van der Waals surface area contributed by atoms with E-state index >= 15 is 0 Å². The van der Waals surface area contributed by atoms with Gasteiger partial charge < -0.3 is 14.8 Å². The van der Waals surface area contributed by atoms with Gasteiger partial charge in [0.15, 0.2) is 5.78 Å². The predicted octanol–water partition coefficient (Wildman–Crippen LogP) is 2.85. The number of aromatic nitrogens is 1. The molecule has 0 saturated carbocycles. The highest BCUT2D eigenvalue weighted by Crippen LogP contribution is 2.35. The van der Waals surface area contributed by atoms with E-state index < -0.39 is 0 Å². The smallest absolute Gasteiger partial charge is 0.268 e. The maximum absolute atomic E-state index is 12.4. The van der Waals surface area contributed by atoms with E-state index in [1.54, 1.807) is 30.4 Å². The SMILES string of the molecule is CN=CCC(=N)C(=O)N1CCN(c2c(C(C)=O)cc(Cl)c3cccnc23)CC1. The molecule has 2 heterocycles. The average molecular weight is 400 g/mol. The van der Waals surface area contributed by atoms with Gasteiger partial charge in [-0.1, -0.05) is 11.6 Å². The molecule has 1 aromatic heterocycles. The standard InChI is InChI=1S/C20H22ClN5O2/c1-13(27)15-12-16(21)14-4-3-6-24-18(14)19(15)25-8-10-26(11-9-25)20(28)17(22)5-7-23-2/h3-4,6-7,12,22H,5,8-11H2,1-2H3. The number of nitrogens with zero attached hydrogens (tertiary/aromatic N) is 4. The molecule has 0 atom stereocenters. The van der Waals surface area contributed by atoms with E-state index in [9.17, 15) is 9.59 Å². The number of aliphatic imine (C=N–C) groups is 1. The lowest BCUT2D eigenvalue weighted by atomic mass is 10.0. The summed E-state index contributed by atoms with van der Waals surface area (Å²) in [5.41, 5.74) is 2.00. The first kappa shape index (κ1) is 19.9. The second-order valence-corrected chi connectivity index (χ2v) is 7.02. The summed E-state index contributed by atoms with van der Waals surface area (Å²) in [6.45, 7) is 3.56. The van der Waals surface area contributed by atoms with Crippen molar-refractivity contribution in [3.8, 4) is 0 Å². The summed E-state index contributed by atoms with van der Waals surface area (Å²) < 4.78 is 0. The van der Waals surface area contributed by atoms with E-state index in [1.165, 1.54) is 6.92 Å². The number of pyridine rings is 1. The summed E-state index contributed by atoms with van der Waals surface area (Å²) in [4.78, 5) is 36.7. The average Bonchev–Trinajstić information content (AvgIpc) is 2.71. The molecule has 0 bridgehead atoms. The Kier molecular flexibility index (Phi) is 6.04. The highest BCUT2D eigenvalue weighted by Gasteiger charge is 2.27. The van der Waals surface area contributed by atoms with E-state index in [-0.39, 0.29) is 23.8 Å². The number of hydrogen-bond donors (Lipinski definition) is 1. The van der Waals surface area contributed by atoms with Crippen molar-refractivity contribution in [1.29, 1.82) is 5.41 Å². The molecule has 0 aliphatic carbocycles. The van der Waals surface area contributed by atoms with Crippen LogP contribution < -0.4 is 4.90 Å². The lowest BCUT2D eigenvalue weighted by molar-refractivity contribution is -0.124. The molecule has 1 amide bonds. The van der Waals surface area contributed by atoms with Gasteiger partial charge in [0.1, 0.15) is 5.71 Å². The summed E-state index contributed by atoms with van der Waals surface area (Å²) in [6.07, 6.45) is 3.47. The molecule has 3 rings (SSSR count). The molecule has 1 aliphatic rings. The first-order valence-corrected chi connectivity index (χ1v) is 9.42. The normalized spacial score (nSPS) is 14.7. The molecule has 1 aromatic carbocycles. The van der Waals surface area contributed by atoms with E-state index in [4.69, 9.17) is 17.0 Å². The number of benzene rings is 1. The van der Waals surface area contributed by atoms with Crippen molar-refractivity contribution < 1.29 is 9.59 Å². The van der Waals surface area contributed by atoms with Gasteiger partial charge in [-0.05, 0) is 25.1 Å². The molecule has 1 aliphatic heterocycles. The number of Topliss-reactive ketones (excluding diaryl/α,β-unsaturated/α-hetero) is 1. The molecule has 28 heavy (non-hydrogen) atoms. The maximum atomic E-state index is 12.4. The van der Waals surface area contributed by atoms with Crippen molar-refractivity contribution in [3.05, 3.63) is 35.0 Å². The lowest BCUT2D eigenvalue weighted by Crippen LogP contribution is -2.51. The highest BCUT2D eigenvalue weighted by molar-refractivity contribution is 6.39. The third-order valence-corrected chi connectivity index (χ3v) is 5.13.